The van der Waals surface area contributed by atoms with Crippen LogP contribution in [0.5, 0.6) is 0 Å². The molecule has 3 amide bonds. The van der Waals surface area contributed by atoms with E-state index in [0.717, 1.165) is 5.56 Å². The lowest BCUT2D eigenvalue weighted by atomic mass is 9.98. The Labute approximate surface area is 304 Å². The van der Waals surface area contributed by atoms with Gasteiger partial charge in [0.05, 0.1) is 32.0 Å². The summed E-state index contributed by atoms with van der Waals surface area (Å²) in [6.07, 6.45) is 10.8. The highest BCUT2D eigenvalue weighted by atomic mass is 16.5. The van der Waals surface area contributed by atoms with E-state index < -0.39 is 41.9 Å². The second kappa shape index (κ2) is 28.8. The minimum atomic E-state index is -0.837. The fourth-order valence-corrected chi connectivity index (χ4v) is 3.88. The van der Waals surface area contributed by atoms with Gasteiger partial charge in [0.2, 0.25) is 17.7 Å². The summed E-state index contributed by atoms with van der Waals surface area (Å²) < 4.78 is 18.0. The highest BCUT2D eigenvalue weighted by Gasteiger charge is 2.28. The van der Waals surface area contributed by atoms with Crippen molar-refractivity contribution in [2.24, 2.45) is 5.92 Å². The summed E-state index contributed by atoms with van der Waals surface area (Å²) >= 11 is 0. The van der Waals surface area contributed by atoms with E-state index in [1.54, 1.807) is 24.3 Å². The zero-order chi connectivity index (χ0) is 40.1. The van der Waals surface area contributed by atoms with E-state index in [9.17, 15) is 38.4 Å². The van der Waals surface area contributed by atoms with Crippen molar-refractivity contribution in [2.45, 2.75) is 65.5 Å². The molecule has 1 aromatic rings. The van der Waals surface area contributed by atoms with E-state index >= 15 is 0 Å². The molecule has 0 spiro atoms. The Balaban J connectivity index is 0. The number of carbonyl (C=O) groups is 8. The van der Waals surface area contributed by atoms with Gasteiger partial charge in [0.15, 0.2) is 12.8 Å². The zero-order valence-corrected chi connectivity index (χ0v) is 30.7. The van der Waals surface area contributed by atoms with Crippen LogP contribution in [0.25, 0.3) is 6.08 Å². The molecule has 0 heterocycles. The zero-order valence-electron chi connectivity index (χ0n) is 30.7. The van der Waals surface area contributed by atoms with E-state index in [2.05, 4.69) is 48.0 Å². The van der Waals surface area contributed by atoms with E-state index in [1.165, 1.54) is 55.1 Å². The maximum Gasteiger partial charge on any atom is 0.602 e. The minimum absolute atomic E-state index is 0.0903. The van der Waals surface area contributed by atoms with Crippen molar-refractivity contribution in [3.63, 3.8) is 0 Å². The molecule has 15 heteroatoms. The molecule has 0 saturated carbocycles. The molecule has 284 valence electrons. The van der Waals surface area contributed by atoms with Gasteiger partial charge in [-0.05, 0) is 31.4 Å². The predicted octanol–water partition coefficient (Wildman–Crippen LogP) is 2.62. The van der Waals surface area contributed by atoms with E-state index in [1.807, 2.05) is 36.4 Å². The molecular weight excluding hydrogens is 678 g/mol. The summed E-state index contributed by atoms with van der Waals surface area (Å²) in [6, 6.07) is 8.17. The normalized spacial score (nSPS) is 12.2. The summed E-state index contributed by atoms with van der Waals surface area (Å²) in [5.74, 6) is -3.77. The lowest BCUT2D eigenvalue weighted by Crippen LogP contribution is -2.39. The first-order valence-electron chi connectivity index (χ1n) is 15.8. The Morgan fingerprint density at radius 1 is 0.750 bits per heavy atom. The molecule has 0 bridgehead atoms. The molecule has 0 unspecified atom stereocenters. The molecule has 3 atom stereocenters. The number of amides is 3. The summed E-state index contributed by atoms with van der Waals surface area (Å²) in [7, 11) is 3.80. The van der Waals surface area contributed by atoms with Gasteiger partial charge in [-0.25, -0.2) is 9.59 Å². The molecule has 3 N–H and O–H groups in total. The van der Waals surface area contributed by atoms with Crippen LogP contribution in [-0.4, -0.2) is 87.6 Å². The number of carbonyl (C=O) groups excluding carboxylic acids is 9. The van der Waals surface area contributed by atoms with E-state index in [-0.39, 0.29) is 42.0 Å². The number of Topliss-reactive ketones (excluding diaryl/α,β-unsaturated/α-hetero) is 1. The molecular formula is C37H50N3O12+. The maximum atomic E-state index is 11.5. The van der Waals surface area contributed by atoms with Gasteiger partial charge < -0.3 is 35.0 Å². The van der Waals surface area contributed by atoms with Crippen molar-refractivity contribution in [3.05, 3.63) is 78.6 Å². The monoisotopic (exact) mass is 728 g/mol. The van der Waals surface area contributed by atoms with Crippen molar-refractivity contribution in [2.75, 3.05) is 21.3 Å². The number of ether oxygens (including phenoxy) is 3. The Morgan fingerprint density at radius 2 is 1.31 bits per heavy atom. The quantitative estimate of drug-likeness (QED) is 0.0530. The maximum absolute atomic E-state index is 11.5. The average Bonchev–Trinajstić information content (AvgIpc) is 3.10. The summed E-state index contributed by atoms with van der Waals surface area (Å²) in [6.45, 7) is 11.8. The number of hydrogen-bond acceptors (Lipinski definition) is 11. The fourth-order valence-electron chi connectivity index (χ4n) is 3.88. The van der Waals surface area contributed by atoms with Crippen LogP contribution < -0.4 is 16.0 Å². The topological polar surface area (TPSA) is 212 Å². The van der Waals surface area contributed by atoms with Crippen molar-refractivity contribution < 1.29 is 57.0 Å². The van der Waals surface area contributed by atoms with Crippen LogP contribution >= 0.6 is 0 Å². The molecule has 0 aliphatic rings. The van der Waals surface area contributed by atoms with Crippen LogP contribution in [0.1, 0.15) is 58.9 Å². The second-order valence-corrected chi connectivity index (χ2v) is 10.6. The number of ketones is 1. The summed E-state index contributed by atoms with van der Waals surface area (Å²) in [5, 5.41) is 7.29. The molecule has 0 aliphatic heterocycles. The van der Waals surface area contributed by atoms with Crippen molar-refractivity contribution in [1.82, 2.24) is 16.0 Å². The van der Waals surface area contributed by atoms with E-state index in [0.29, 0.717) is 12.8 Å². The van der Waals surface area contributed by atoms with Crippen LogP contribution in [-0.2, 0) is 57.0 Å². The Kier molecular flexibility index (Phi) is 26.7. The van der Waals surface area contributed by atoms with Crippen LogP contribution in [0.15, 0.2) is 73.0 Å². The number of benzene rings is 1. The number of methoxy groups -OCH3 is 3. The third-order valence-electron chi connectivity index (χ3n) is 6.16. The molecule has 0 aliphatic carbocycles. The van der Waals surface area contributed by atoms with Crippen molar-refractivity contribution in [1.29, 1.82) is 0 Å². The first-order chi connectivity index (χ1) is 24.6. The largest absolute Gasteiger partial charge is 0.602 e. The lowest BCUT2D eigenvalue weighted by Gasteiger charge is -2.12. The first-order valence-corrected chi connectivity index (χ1v) is 15.8. The summed E-state index contributed by atoms with van der Waals surface area (Å²) in [5.41, 5.74) is 1.11. The van der Waals surface area contributed by atoms with Crippen LogP contribution in [0.3, 0.4) is 0 Å². The highest BCUT2D eigenvalue weighted by Crippen LogP contribution is 2.13. The predicted molar refractivity (Wildman–Crippen MR) is 193 cm³/mol. The lowest BCUT2D eigenvalue weighted by molar-refractivity contribution is -0.371. The molecule has 0 saturated heterocycles. The first kappa shape index (κ1) is 48.1. The van der Waals surface area contributed by atoms with E-state index in [4.69, 9.17) is 0 Å². The third kappa shape index (κ3) is 24.2. The number of hydrogen-bond donors (Lipinski definition) is 3. The van der Waals surface area contributed by atoms with Crippen LogP contribution in [0, 0.1) is 5.92 Å². The molecule has 0 radical (unpaired) electrons. The number of esters is 3. The van der Waals surface area contributed by atoms with Gasteiger partial charge in [0.25, 0.3) is 0 Å². The number of nitrogens with one attached hydrogen (secondary N) is 3. The Bertz CT molecular complexity index is 1470. The standard InChI is InChI=1S/C15H21NO6.C14H15NO3.C8H13NO3/c1-10(17)9-12(14(19)21-3)7-5-6-8-13(15(20)22-4)16-11(2)18;1-11(16)15-13(14(17)18-2)10-6-9-12-7-4-3-5-8-12;1-4-5-7(8(11)12-3)9-6(2)10/h5-6,12-13H,4,7-9H2,1-3H3;3-10H,1-2H3,(H,15,16);4,7H,1,5H2,2-3H3,(H,9,10)/p+1/b;9-6+,13-10-;/t12-,13+;;7-/m1.0/s1. The SMILES string of the molecule is C=CC[C@H](NC(C)=O)C(=O)OC.C=[O+]C(=O)[C@H](CC=CC[C@H](CC(C)=O)C(=O)OC)NC(C)=O.COC(=O)/C(=C/C=C/c1ccccc1)NC(C)=O. The fraction of sp³-hybridized carbons (Fsp3) is 0.378. The van der Waals surface area contributed by atoms with Gasteiger partial charge in [-0.15, -0.1) is 6.58 Å². The van der Waals surface area contributed by atoms with Crippen molar-refractivity contribution in [3.8, 4) is 0 Å². The van der Waals surface area contributed by atoms with Gasteiger partial charge in [0, 0.05) is 33.6 Å². The summed E-state index contributed by atoms with van der Waals surface area (Å²) in [4.78, 5) is 88.9. The van der Waals surface area contributed by atoms with Crippen LogP contribution in [0.4, 0.5) is 0 Å². The van der Waals surface area contributed by atoms with Crippen LogP contribution in [0.2, 0.25) is 0 Å². The molecule has 1 aromatic carbocycles. The molecule has 1 rings (SSSR count). The molecule has 0 aromatic heterocycles. The van der Waals surface area contributed by atoms with Gasteiger partial charge >= 0.3 is 23.9 Å². The second-order valence-electron chi connectivity index (χ2n) is 10.6. The number of allylic oxidation sites excluding steroid dienone is 3. The Morgan fingerprint density at radius 3 is 1.77 bits per heavy atom. The molecule has 15 nitrogen and oxygen atoms in total. The average molecular weight is 729 g/mol. The van der Waals surface area contributed by atoms with Gasteiger partial charge in [-0.1, -0.05) is 60.7 Å². The van der Waals surface area contributed by atoms with Crippen molar-refractivity contribution >= 4 is 60.2 Å². The van der Waals surface area contributed by atoms with Gasteiger partial charge in [0.1, 0.15) is 17.5 Å². The minimum Gasteiger partial charge on any atom is -0.469 e. The van der Waals surface area contributed by atoms with Gasteiger partial charge in [-0.2, -0.15) is 0 Å². The van der Waals surface area contributed by atoms with Gasteiger partial charge in [-0.3, -0.25) is 23.6 Å². The third-order valence-corrected chi connectivity index (χ3v) is 6.16. The smallest absolute Gasteiger partial charge is 0.469 e. The highest BCUT2D eigenvalue weighted by molar-refractivity contribution is 5.93. The molecule has 52 heavy (non-hydrogen) atoms. The molecule has 0 fully saturated rings. The Hall–Kier alpha value is -5.99. The number of rotatable bonds is 17.